The fourth-order valence-corrected chi connectivity index (χ4v) is 3.65. The molecule has 192 valence electrons. The molecule has 1 aromatic carbocycles. The third-order valence-corrected chi connectivity index (χ3v) is 5.92. The number of carbonyl (C=O) groups is 1. The average molecular weight is 490 g/mol. The molecular weight excluding hydrogens is 460 g/mol. The molecule has 34 heavy (non-hydrogen) atoms. The van der Waals surface area contributed by atoms with Gasteiger partial charge in [0.2, 0.25) is 12.6 Å². The molecule has 2 heterocycles. The molecule has 2 saturated heterocycles. The van der Waals surface area contributed by atoms with Gasteiger partial charge in [0.25, 0.3) is 0 Å². The van der Waals surface area contributed by atoms with Gasteiger partial charge in [0.1, 0.15) is 54.6 Å². The molecule has 11 atom stereocenters. The minimum Gasteiger partial charge on any atom is -0.462 e. The molecule has 0 unspecified atom stereocenters. The van der Waals surface area contributed by atoms with Crippen LogP contribution in [0, 0.1) is 0 Å². The van der Waals surface area contributed by atoms with E-state index in [0.717, 1.165) is 0 Å². The highest BCUT2D eigenvalue weighted by molar-refractivity contribution is 5.77. The second-order valence-corrected chi connectivity index (χ2v) is 8.24. The summed E-state index contributed by atoms with van der Waals surface area (Å²) in [6.07, 6.45) is -15.0. The molecule has 0 aliphatic carbocycles. The van der Waals surface area contributed by atoms with Crippen LogP contribution in [0.3, 0.4) is 0 Å². The van der Waals surface area contributed by atoms with E-state index >= 15 is 0 Å². The van der Waals surface area contributed by atoms with Crippen LogP contribution in [0.15, 0.2) is 24.3 Å². The molecule has 8 N–H and O–H groups in total. The van der Waals surface area contributed by atoms with Crippen molar-refractivity contribution < 1.29 is 64.6 Å². The molecule has 2 aliphatic rings. The molecule has 1 aromatic rings. The Morgan fingerprint density at radius 2 is 1.26 bits per heavy atom. The molecule has 2 aliphatic heterocycles. The van der Waals surface area contributed by atoms with Crippen LogP contribution < -0.4 is 4.74 Å². The number of carbonyl (C=O) groups excluding carboxylic acids is 1. The van der Waals surface area contributed by atoms with Crippen LogP contribution in [0.25, 0.3) is 0 Å². The van der Waals surface area contributed by atoms with Crippen LogP contribution in [-0.2, 0) is 19.0 Å². The lowest BCUT2D eigenvalue weighted by molar-refractivity contribution is -0.293. The zero-order valence-corrected chi connectivity index (χ0v) is 18.2. The van der Waals surface area contributed by atoms with Crippen molar-refractivity contribution in [2.24, 2.45) is 0 Å². The van der Waals surface area contributed by atoms with Crippen molar-refractivity contribution >= 4 is 5.97 Å². The van der Waals surface area contributed by atoms with Gasteiger partial charge >= 0.3 is 5.97 Å². The minimum absolute atomic E-state index is 0.197. The first-order chi connectivity index (χ1) is 16.1. The largest absolute Gasteiger partial charge is 0.462 e. The third-order valence-electron chi connectivity index (χ3n) is 5.92. The second-order valence-electron chi connectivity index (χ2n) is 8.24. The molecule has 0 saturated carbocycles. The van der Waals surface area contributed by atoms with E-state index in [1.807, 2.05) is 0 Å². The van der Waals surface area contributed by atoms with Gasteiger partial charge in [-0.15, -0.1) is 0 Å². The predicted molar refractivity (Wildman–Crippen MR) is 109 cm³/mol. The Hall–Kier alpha value is -1.91. The Morgan fingerprint density at radius 3 is 1.76 bits per heavy atom. The SMILES string of the molecule is C[C@H](C(=O)O[C@H]1O[C@@H](CO)[C@H](O)[C@@H](O)[C@@H]1O)c1ccc(O[C@H]2O[C@@H](CO)[C@H](O)[C@@H](O)[C@@H]2O)cc1. The zero-order chi connectivity index (χ0) is 25.2. The first kappa shape index (κ1) is 26.7. The summed E-state index contributed by atoms with van der Waals surface area (Å²) in [4.78, 5) is 12.5. The van der Waals surface area contributed by atoms with Gasteiger partial charge in [-0.25, -0.2) is 0 Å². The van der Waals surface area contributed by atoms with E-state index in [4.69, 9.17) is 18.9 Å². The van der Waals surface area contributed by atoms with Crippen molar-refractivity contribution in [1.82, 2.24) is 0 Å². The standard InChI is InChI=1S/C21H30O13/c1-8(19(30)34-21-18(29)16(27)14(25)12(7-23)33-21)9-2-4-10(5-3-9)31-20-17(28)15(26)13(24)11(6-22)32-20/h2-5,8,11-18,20-29H,6-7H2,1H3/t8-,11-,12-,13-,14-,15+,16+,17-,18-,20-,21+/m0/s1. The summed E-state index contributed by atoms with van der Waals surface area (Å²) in [5.41, 5.74) is 0.468. The van der Waals surface area contributed by atoms with Crippen LogP contribution >= 0.6 is 0 Å². The molecule has 13 heteroatoms. The normalized spacial score (nSPS) is 39.3. The maximum absolute atomic E-state index is 12.5. The molecule has 0 radical (unpaired) electrons. The summed E-state index contributed by atoms with van der Waals surface area (Å²) in [7, 11) is 0. The Bertz CT molecular complexity index is 800. The molecule has 0 aromatic heterocycles. The van der Waals surface area contributed by atoms with Crippen molar-refractivity contribution in [2.75, 3.05) is 13.2 Å². The maximum atomic E-state index is 12.5. The Balaban J connectivity index is 1.61. The van der Waals surface area contributed by atoms with Gasteiger partial charge in [-0.1, -0.05) is 12.1 Å². The summed E-state index contributed by atoms with van der Waals surface area (Å²) >= 11 is 0. The van der Waals surface area contributed by atoms with E-state index < -0.39 is 86.5 Å². The highest BCUT2D eigenvalue weighted by atomic mass is 16.7. The lowest BCUT2D eigenvalue weighted by Crippen LogP contribution is -2.60. The number of rotatable bonds is 7. The van der Waals surface area contributed by atoms with Gasteiger partial charge in [0.15, 0.2) is 0 Å². The summed E-state index contributed by atoms with van der Waals surface area (Å²) in [6.45, 7) is 0.252. The molecule has 0 bridgehead atoms. The van der Waals surface area contributed by atoms with Crippen molar-refractivity contribution in [3.8, 4) is 5.75 Å². The Labute approximate surface area is 194 Å². The van der Waals surface area contributed by atoms with Crippen LogP contribution in [0.4, 0.5) is 0 Å². The molecular formula is C21H30O13. The summed E-state index contributed by atoms with van der Waals surface area (Å²) in [6, 6.07) is 5.93. The number of esters is 1. The summed E-state index contributed by atoms with van der Waals surface area (Å²) < 4.78 is 21.1. The second kappa shape index (κ2) is 11.2. The molecule has 0 amide bonds. The Kier molecular flexibility index (Phi) is 8.81. The van der Waals surface area contributed by atoms with Gasteiger partial charge in [-0.05, 0) is 24.6 Å². The molecule has 2 fully saturated rings. The number of benzene rings is 1. The van der Waals surface area contributed by atoms with Crippen LogP contribution in [0.5, 0.6) is 5.75 Å². The molecule has 13 nitrogen and oxygen atoms in total. The van der Waals surface area contributed by atoms with Gasteiger partial charge in [0.05, 0.1) is 19.1 Å². The van der Waals surface area contributed by atoms with E-state index in [0.29, 0.717) is 5.56 Å². The fourth-order valence-electron chi connectivity index (χ4n) is 3.65. The molecule has 3 rings (SSSR count). The van der Waals surface area contributed by atoms with E-state index in [-0.39, 0.29) is 5.75 Å². The first-order valence-electron chi connectivity index (χ1n) is 10.7. The topological polar surface area (TPSA) is 216 Å². The van der Waals surface area contributed by atoms with Gasteiger partial charge in [0, 0.05) is 0 Å². The van der Waals surface area contributed by atoms with Crippen LogP contribution in [-0.4, -0.2) is 121 Å². The zero-order valence-electron chi connectivity index (χ0n) is 18.2. The lowest BCUT2D eigenvalue weighted by atomic mass is 9.98. The van der Waals surface area contributed by atoms with E-state index in [1.54, 1.807) is 0 Å². The fraction of sp³-hybridized carbons (Fsp3) is 0.667. The van der Waals surface area contributed by atoms with Gasteiger partial charge in [-0.3, -0.25) is 4.79 Å². The van der Waals surface area contributed by atoms with Gasteiger partial charge in [-0.2, -0.15) is 0 Å². The quantitative estimate of drug-likeness (QED) is 0.173. The minimum atomic E-state index is -1.72. The average Bonchev–Trinajstić information content (AvgIpc) is 2.84. The highest BCUT2D eigenvalue weighted by Gasteiger charge is 2.46. The van der Waals surface area contributed by atoms with Crippen molar-refractivity contribution in [3.63, 3.8) is 0 Å². The number of hydrogen-bond acceptors (Lipinski definition) is 13. The van der Waals surface area contributed by atoms with Crippen LogP contribution in [0.2, 0.25) is 0 Å². The van der Waals surface area contributed by atoms with Crippen molar-refractivity contribution in [2.45, 2.75) is 74.3 Å². The lowest BCUT2D eigenvalue weighted by Gasteiger charge is -2.39. The summed E-state index contributed by atoms with van der Waals surface area (Å²) in [5, 5.41) is 77.8. The highest BCUT2D eigenvalue weighted by Crippen LogP contribution is 2.28. The smallest absolute Gasteiger partial charge is 0.315 e. The third kappa shape index (κ3) is 5.49. The monoisotopic (exact) mass is 490 g/mol. The number of hydrogen-bond donors (Lipinski definition) is 8. The van der Waals surface area contributed by atoms with Gasteiger partial charge < -0.3 is 59.8 Å². The van der Waals surface area contributed by atoms with E-state index in [2.05, 4.69) is 0 Å². The number of aliphatic hydroxyl groups is 8. The van der Waals surface area contributed by atoms with Crippen molar-refractivity contribution in [3.05, 3.63) is 29.8 Å². The number of ether oxygens (including phenoxy) is 4. The van der Waals surface area contributed by atoms with E-state index in [9.17, 15) is 45.6 Å². The predicted octanol–water partition coefficient (Wildman–Crippen LogP) is -3.69. The van der Waals surface area contributed by atoms with E-state index in [1.165, 1.54) is 31.2 Å². The molecule has 0 spiro atoms. The Morgan fingerprint density at radius 1 is 0.794 bits per heavy atom. The summed E-state index contributed by atoms with van der Waals surface area (Å²) in [5.74, 6) is -1.47. The first-order valence-corrected chi connectivity index (χ1v) is 10.7. The number of aliphatic hydroxyl groups excluding tert-OH is 8. The van der Waals surface area contributed by atoms with Crippen LogP contribution in [0.1, 0.15) is 18.4 Å². The maximum Gasteiger partial charge on any atom is 0.315 e. The van der Waals surface area contributed by atoms with Crippen molar-refractivity contribution in [1.29, 1.82) is 0 Å².